The van der Waals surface area contributed by atoms with E-state index >= 15 is 0 Å². The fraction of sp³-hybridized carbons (Fsp3) is 0.462. The lowest BCUT2D eigenvalue weighted by molar-refractivity contribution is 0.428. The van der Waals surface area contributed by atoms with Crippen molar-refractivity contribution < 1.29 is 0 Å². The molecule has 0 saturated heterocycles. The summed E-state index contributed by atoms with van der Waals surface area (Å²) in [4.78, 5) is 0. The molecule has 3 heteroatoms. The fourth-order valence-corrected chi connectivity index (χ4v) is 0.899. The van der Waals surface area contributed by atoms with Gasteiger partial charge in [-0.15, -0.1) is 0 Å². The topological polar surface area (TPSA) is 53.1 Å². The second-order valence-electron chi connectivity index (χ2n) is 2.70. The number of rotatable bonds is 2. The van der Waals surface area contributed by atoms with Crippen molar-refractivity contribution in [3.8, 4) is 0 Å². The molecule has 0 radical (unpaired) electrons. The number of benzene rings is 1. The number of nitrogens with zero attached hydrogens (tertiary/aromatic N) is 1. The van der Waals surface area contributed by atoms with Gasteiger partial charge < -0.3 is 0 Å². The summed E-state index contributed by atoms with van der Waals surface area (Å²) >= 11 is 0. The summed E-state index contributed by atoms with van der Waals surface area (Å²) in [5.74, 6) is 5.93. The molecule has 0 fully saturated rings. The second-order valence-corrected chi connectivity index (χ2v) is 2.70. The summed E-state index contributed by atoms with van der Waals surface area (Å²) in [5, 5.41) is 8.66. The van der Waals surface area contributed by atoms with E-state index in [0.717, 1.165) is 5.56 Å². The molecule has 0 aromatic heterocycles. The van der Waals surface area contributed by atoms with Gasteiger partial charge in [-0.25, -0.2) is 5.84 Å². The third-order valence-electron chi connectivity index (χ3n) is 1.63. The van der Waals surface area contributed by atoms with Crippen LogP contribution in [0.15, 0.2) is 30.3 Å². The van der Waals surface area contributed by atoms with E-state index in [1.807, 2.05) is 58.0 Å². The first kappa shape index (κ1) is 17.1. The van der Waals surface area contributed by atoms with Gasteiger partial charge >= 0.3 is 0 Å². The number of hydrazine groups is 1. The van der Waals surface area contributed by atoms with E-state index < -0.39 is 0 Å². The predicted octanol–water partition coefficient (Wildman–Crippen LogP) is 3.41. The van der Waals surface area contributed by atoms with Gasteiger partial charge in [-0.3, -0.25) is 10.4 Å². The van der Waals surface area contributed by atoms with E-state index in [4.69, 9.17) is 11.3 Å². The van der Waals surface area contributed by atoms with E-state index in [2.05, 4.69) is 0 Å². The molecule has 1 rings (SSSR count). The Hall–Kier alpha value is -1.35. The van der Waals surface area contributed by atoms with Crippen molar-refractivity contribution in [2.24, 2.45) is 5.84 Å². The van der Waals surface area contributed by atoms with E-state index in [1.165, 1.54) is 5.01 Å². The predicted molar refractivity (Wildman–Crippen MR) is 72.3 cm³/mol. The zero-order chi connectivity index (χ0) is 13.0. The van der Waals surface area contributed by atoms with E-state index in [-0.39, 0.29) is 0 Å². The molecule has 0 heterocycles. The van der Waals surface area contributed by atoms with Gasteiger partial charge in [-0.1, -0.05) is 58.0 Å². The molecular weight excluding hydrogens is 198 g/mol. The summed E-state index contributed by atoms with van der Waals surface area (Å²) in [5.41, 5.74) is 1.12. The van der Waals surface area contributed by atoms with Crippen molar-refractivity contribution >= 4 is 5.84 Å². The Morgan fingerprint density at radius 2 is 1.56 bits per heavy atom. The maximum Gasteiger partial charge on any atom is 0.107 e. The smallest absolute Gasteiger partial charge is 0.107 e. The van der Waals surface area contributed by atoms with Crippen LogP contribution in [0.1, 0.15) is 40.2 Å². The van der Waals surface area contributed by atoms with Crippen LogP contribution >= 0.6 is 0 Å². The second kappa shape index (κ2) is 11.7. The van der Waals surface area contributed by atoms with Crippen LogP contribution in [0.5, 0.6) is 0 Å². The van der Waals surface area contributed by atoms with Crippen LogP contribution in [0, 0.1) is 5.41 Å². The fourth-order valence-electron chi connectivity index (χ4n) is 0.899. The average Bonchev–Trinajstić information content (AvgIpc) is 2.35. The Morgan fingerprint density at radius 3 is 1.94 bits per heavy atom. The number of amidine groups is 1. The Balaban J connectivity index is 0. The van der Waals surface area contributed by atoms with Crippen LogP contribution in [0.25, 0.3) is 0 Å². The quantitative estimate of drug-likeness (QED) is 0.349. The molecule has 1 aromatic carbocycles. The monoisotopic (exact) mass is 223 g/mol. The van der Waals surface area contributed by atoms with Gasteiger partial charge in [0.15, 0.2) is 0 Å². The summed E-state index contributed by atoms with van der Waals surface area (Å²) in [6.45, 7) is 10.3. The van der Waals surface area contributed by atoms with E-state index in [0.29, 0.717) is 12.4 Å². The first-order valence-electron chi connectivity index (χ1n) is 5.81. The largest absolute Gasteiger partial charge is 0.295 e. The first-order valence-corrected chi connectivity index (χ1v) is 5.81. The Bertz CT molecular complexity index is 257. The van der Waals surface area contributed by atoms with Gasteiger partial charge in [-0.2, -0.15) is 0 Å². The van der Waals surface area contributed by atoms with Crippen LogP contribution in [-0.2, 0) is 6.54 Å². The van der Waals surface area contributed by atoms with Crippen molar-refractivity contribution in [2.75, 3.05) is 0 Å². The molecule has 0 unspecified atom stereocenters. The minimum Gasteiger partial charge on any atom is -0.295 e. The van der Waals surface area contributed by atoms with Gasteiger partial charge in [0.25, 0.3) is 0 Å². The lowest BCUT2D eigenvalue weighted by Gasteiger charge is -2.16. The van der Waals surface area contributed by atoms with E-state index in [9.17, 15) is 0 Å². The third-order valence-corrected chi connectivity index (χ3v) is 1.63. The molecule has 0 atom stereocenters. The Morgan fingerprint density at radius 1 is 1.12 bits per heavy atom. The highest BCUT2D eigenvalue weighted by molar-refractivity contribution is 5.75. The van der Waals surface area contributed by atoms with E-state index in [1.54, 1.807) is 6.92 Å². The highest BCUT2D eigenvalue weighted by atomic mass is 15.4. The highest BCUT2D eigenvalue weighted by Gasteiger charge is 1.99. The van der Waals surface area contributed by atoms with Gasteiger partial charge in [0.2, 0.25) is 0 Å². The summed E-state index contributed by atoms with van der Waals surface area (Å²) < 4.78 is 0. The van der Waals surface area contributed by atoms with Crippen molar-refractivity contribution in [3.63, 3.8) is 0 Å². The van der Waals surface area contributed by atoms with Gasteiger partial charge in [0.05, 0.1) is 6.54 Å². The third kappa shape index (κ3) is 8.00. The molecule has 0 aliphatic carbocycles. The molecule has 0 bridgehead atoms. The van der Waals surface area contributed by atoms with Gasteiger partial charge in [0, 0.05) is 0 Å². The molecule has 3 N–H and O–H groups in total. The van der Waals surface area contributed by atoms with Crippen molar-refractivity contribution in [1.82, 2.24) is 5.01 Å². The van der Waals surface area contributed by atoms with Crippen LogP contribution in [0.2, 0.25) is 0 Å². The zero-order valence-corrected chi connectivity index (χ0v) is 11.1. The van der Waals surface area contributed by atoms with Crippen LogP contribution in [0.3, 0.4) is 0 Å². The molecule has 0 spiro atoms. The van der Waals surface area contributed by atoms with Crippen molar-refractivity contribution in [3.05, 3.63) is 35.9 Å². The van der Waals surface area contributed by atoms with Crippen LogP contribution < -0.4 is 5.84 Å². The lowest BCUT2D eigenvalue weighted by atomic mass is 10.2. The van der Waals surface area contributed by atoms with Crippen molar-refractivity contribution in [1.29, 1.82) is 5.41 Å². The molecule has 92 valence electrons. The molecule has 16 heavy (non-hydrogen) atoms. The maximum atomic E-state index is 7.25. The molecule has 3 nitrogen and oxygen atoms in total. The summed E-state index contributed by atoms with van der Waals surface area (Å²) in [6.07, 6.45) is 0. The SMILES string of the molecule is CC.CC.CC(=N)N(N)Cc1ccccc1. The zero-order valence-electron chi connectivity index (χ0n) is 11.1. The summed E-state index contributed by atoms with van der Waals surface area (Å²) in [6, 6.07) is 9.86. The maximum absolute atomic E-state index is 7.25. The van der Waals surface area contributed by atoms with Crippen LogP contribution in [-0.4, -0.2) is 10.8 Å². The normalized spacial score (nSPS) is 7.88. The van der Waals surface area contributed by atoms with Crippen LogP contribution in [0.4, 0.5) is 0 Å². The molecule has 0 amide bonds. The first-order chi connectivity index (χ1) is 7.70. The van der Waals surface area contributed by atoms with Crippen molar-refractivity contribution in [2.45, 2.75) is 41.2 Å². The average molecular weight is 223 g/mol. The molecular formula is C13H25N3. The standard InChI is InChI=1S/C9H13N3.2C2H6/c1-8(10)12(11)7-9-5-3-2-4-6-9;2*1-2/h2-6,10H,7,11H2,1H3;2*1-2H3. The number of hydrogen-bond acceptors (Lipinski definition) is 2. The minimum absolute atomic E-state index is 0.374. The number of hydrogen-bond donors (Lipinski definition) is 2. The molecule has 0 aliphatic heterocycles. The van der Waals surface area contributed by atoms with Gasteiger partial charge in [0.1, 0.15) is 5.84 Å². The Labute approximate surface area is 99.8 Å². The Kier molecular flexibility index (Phi) is 12.5. The number of nitrogens with two attached hydrogens (primary N) is 1. The lowest BCUT2D eigenvalue weighted by Crippen LogP contribution is -2.34. The minimum atomic E-state index is 0.374. The van der Waals surface area contributed by atoms with Gasteiger partial charge in [-0.05, 0) is 12.5 Å². The molecule has 0 aliphatic rings. The molecule has 0 saturated carbocycles. The summed E-state index contributed by atoms with van der Waals surface area (Å²) in [7, 11) is 0. The highest BCUT2D eigenvalue weighted by Crippen LogP contribution is 2.00. The number of nitrogens with one attached hydrogen (secondary N) is 1. The molecule has 1 aromatic rings.